The molecule has 0 N–H and O–H groups in total. The van der Waals surface area contributed by atoms with Gasteiger partial charge in [0.2, 0.25) is 0 Å². The third kappa shape index (κ3) is 55.0. The molecule has 0 rings (SSSR count). The third-order valence-electron chi connectivity index (χ3n) is 8.66. The molecule has 303 valence electrons. The van der Waals surface area contributed by atoms with Gasteiger partial charge in [-0.25, -0.2) is 0 Å². The van der Waals surface area contributed by atoms with Gasteiger partial charge >= 0.3 is 421 Å². The van der Waals surface area contributed by atoms with Gasteiger partial charge in [0.25, 0.3) is 0 Å². The first-order chi connectivity index (χ1) is 22.2. The molecule has 0 unspecified atom stereocenters. The quantitative estimate of drug-likeness (QED) is 0.0728. The zero-order valence-corrected chi connectivity index (χ0v) is 46.0. The van der Waals surface area contributed by atoms with Crippen molar-refractivity contribution in [2.45, 2.75) is 196 Å². The Morgan fingerprint density at radius 2 is 0.333 bits per heavy atom. The van der Waals surface area contributed by atoms with Crippen LogP contribution in [0.5, 0.6) is 0 Å². The van der Waals surface area contributed by atoms with E-state index in [1.165, 1.54) is 0 Å². The van der Waals surface area contributed by atoms with Gasteiger partial charge in [-0.2, -0.15) is 0 Å². The van der Waals surface area contributed by atoms with Gasteiger partial charge in [-0.05, 0) is 0 Å². The second-order valence-corrected chi connectivity index (χ2v) is 24.4. The molecule has 0 aromatic heterocycles. The molecule has 0 aromatic rings. The fourth-order valence-corrected chi connectivity index (χ4v) is 11.1. The topological polar surface area (TPSA) is 208 Å². The van der Waals surface area contributed by atoms with Crippen LogP contribution >= 0.6 is 21.9 Å². The Labute approximate surface area is 415 Å². The summed E-state index contributed by atoms with van der Waals surface area (Å²) in [7, 11) is -15.1. The molecule has 0 heterocycles. The van der Waals surface area contributed by atoms with E-state index in [-0.39, 0.29) is 159 Å². The normalized spacial score (nSPS) is 13.8. The van der Waals surface area contributed by atoms with Crippen molar-refractivity contribution in [3.63, 3.8) is 0 Å². The van der Waals surface area contributed by atoms with Crippen LogP contribution in [0.25, 0.3) is 0 Å². The zero-order valence-electron chi connectivity index (χ0n) is 33.7. The number of rotatable bonds is 30. The number of hydrogen-bond acceptors (Lipinski definition) is 9. The minimum absolute atomic E-state index is 0. The molecule has 0 saturated heterocycles. The average molecular weight is 1180 g/mol. The van der Waals surface area contributed by atoms with E-state index in [9.17, 15) is 44.0 Å². The summed E-state index contributed by atoms with van der Waals surface area (Å²) < 4.78 is 0. The van der Waals surface area contributed by atoms with E-state index in [4.69, 9.17) is 0 Å². The molecule has 0 aliphatic rings. The fourth-order valence-electron chi connectivity index (χ4n) is 5.40. The zero-order chi connectivity index (χ0) is 37.6. The van der Waals surface area contributed by atoms with Gasteiger partial charge in [0.05, 0.1) is 0 Å². The molecule has 0 amide bonds. The molecule has 15 heteroatoms. The van der Waals surface area contributed by atoms with Gasteiger partial charge in [0, 0.05) is 0 Å². The maximum Gasteiger partial charge on any atom is 3.00 e. The predicted octanol–water partition coefficient (Wildman–Crippen LogP) is 4.58. The van der Waals surface area contributed by atoms with Crippen LogP contribution in [-0.2, 0) is 0 Å². The molecule has 0 spiro atoms. The van der Waals surface area contributed by atoms with Crippen LogP contribution in [0.1, 0.15) is 196 Å². The van der Waals surface area contributed by atoms with Crippen molar-refractivity contribution in [2.24, 2.45) is 0 Å². The van der Waals surface area contributed by atoms with Crippen LogP contribution < -0.4 is 44.0 Å². The van der Waals surface area contributed by atoms with Crippen LogP contribution in [0.4, 0.5) is 0 Å². The standard InChI is InChI=1S/3C12H26O3P.3Nd/c3*1-3-5-7-9-11-16(13,14,15)12-10-8-6-4-2;;;/h3*3-12H2,1-2H3;;;/q3*-3;3*+3. The van der Waals surface area contributed by atoms with Crippen molar-refractivity contribution in [1.82, 2.24) is 0 Å². The second kappa shape index (κ2) is 37.9. The first-order valence-electron chi connectivity index (χ1n) is 19.8. The smallest absolute Gasteiger partial charge is 3.00 e. The van der Waals surface area contributed by atoms with Gasteiger partial charge in [-0.3, -0.25) is 0 Å². The summed E-state index contributed by atoms with van der Waals surface area (Å²) in [5.74, 6) is 0. The van der Waals surface area contributed by atoms with Gasteiger partial charge in [-0.15, -0.1) is 0 Å². The molecule has 9 nitrogen and oxygen atoms in total. The largest absolute Gasteiger partial charge is 3.00 e. The van der Waals surface area contributed by atoms with Crippen LogP contribution in [0.15, 0.2) is 0 Å². The van der Waals surface area contributed by atoms with E-state index in [0.29, 0.717) is 38.5 Å². The Bertz CT molecular complexity index is 588. The van der Waals surface area contributed by atoms with E-state index in [1.807, 2.05) is 0 Å². The minimum Gasteiger partial charge on any atom is 3.00 e. The summed E-state index contributed by atoms with van der Waals surface area (Å²) in [5.41, 5.74) is 0. The number of unbranched alkanes of at least 4 members (excludes halogenated alkanes) is 18. The van der Waals surface area contributed by atoms with E-state index in [0.717, 1.165) is 116 Å². The first kappa shape index (κ1) is 67.7. The SMILES string of the molecule is CCCCCCP([O-])([O-])([O-])CCCCCC.CCCCCCP([O-])([O-])([O-])CCCCCC.CCCCCCP([O-])([O-])([O-])CCCCCC.[Nd+3].[Nd+3].[Nd+3]. The van der Waals surface area contributed by atoms with Crippen LogP contribution in [-0.4, -0.2) is 37.0 Å². The molecule has 51 heavy (non-hydrogen) atoms. The summed E-state index contributed by atoms with van der Waals surface area (Å²) >= 11 is 0. The molecule has 0 saturated carbocycles. The van der Waals surface area contributed by atoms with Gasteiger partial charge in [0.1, 0.15) is 0 Å². The Hall–Kier alpha value is 4.98. The molecule has 0 aliphatic heterocycles. The summed E-state index contributed by atoms with van der Waals surface area (Å²) in [4.78, 5) is 105. The predicted molar refractivity (Wildman–Crippen MR) is 195 cm³/mol. The van der Waals surface area contributed by atoms with Crippen molar-refractivity contribution in [1.29, 1.82) is 0 Å². The minimum atomic E-state index is -5.02. The molecule has 0 atom stereocenters. The maximum absolute atomic E-state index is 11.6. The van der Waals surface area contributed by atoms with Crippen molar-refractivity contribution < 1.29 is 167 Å². The fraction of sp³-hybridized carbons (Fsp3) is 1.00. The van der Waals surface area contributed by atoms with Crippen molar-refractivity contribution in [3.8, 4) is 0 Å². The average Bonchev–Trinajstić information content (AvgIpc) is 2.99. The van der Waals surface area contributed by atoms with E-state index < -0.39 is 21.9 Å². The van der Waals surface area contributed by atoms with Crippen LogP contribution in [0, 0.1) is 123 Å². The molecular formula is C36H78Nd3O9P3. The van der Waals surface area contributed by atoms with Crippen LogP contribution in [0.3, 0.4) is 0 Å². The van der Waals surface area contributed by atoms with Gasteiger partial charge < -0.3 is 0 Å². The Kier molecular flexibility index (Phi) is 50.4. The van der Waals surface area contributed by atoms with Crippen molar-refractivity contribution in [2.75, 3.05) is 37.0 Å². The van der Waals surface area contributed by atoms with E-state index >= 15 is 0 Å². The Balaban J connectivity index is -0.000000145. The second-order valence-electron chi connectivity index (χ2n) is 14.4. The van der Waals surface area contributed by atoms with Crippen LogP contribution in [0.2, 0.25) is 0 Å². The molecule has 3 radical (unpaired) electrons. The molecular weight excluding hydrogens is 1100 g/mol. The van der Waals surface area contributed by atoms with Crippen molar-refractivity contribution >= 4 is 21.9 Å². The molecule has 0 bridgehead atoms. The number of hydrogen-bond donors (Lipinski definition) is 0. The summed E-state index contributed by atoms with van der Waals surface area (Å²) in [6, 6.07) is 0. The summed E-state index contributed by atoms with van der Waals surface area (Å²) in [6.45, 7) is 12.4. The monoisotopic (exact) mass is 1170 g/mol. The van der Waals surface area contributed by atoms with Gasteiger partial charge in [0.15, 0.2) is 0 Å². The third-order valence-corrected chi connectivity index (χ3v) is 15.7. The molecule has 0 aromatic carbocycles. The molecule has 0 aliphatic carbocycles. The van der Waals surface area contributed by atoms with E-state index in [2.05, 4.69) is 41.5 Å². The maximum atomic E-state index is 11.6. The first-order valence-corrected chi connectivity index (χ1v) is 26.9. The van der Waals surface area contributed by atoms with E-state index in [1.54, 1.807) is 0 Å². The Morgan fingerprint density at radius 3 is 0.431 bits per heavy atom. The summed E-state index contributed by atoms with van der Waals surface area (Å²) in [6.07, 6.45) is 20.0. The van der Waals surface area contributed by atoms with Crippen molar-refractivity contribution in [3.05, 3.63) is 0 Å². The van der Waals surface area contributed by atoms with Gasteiger partial charge in [-0.1, -0.05) is 0 Å². The Morgan fingerprint density at radius 1 is 0.216 bits per heavy atom. The summed E-state index contributed by atoms with van der Waals surface area (Å²) in [5, 5.41) is 0. The molecule has 0 fully saturated rings.